The number of nitrogens with zero attached hydrogens (tertiary/aromatic N) is 2. The van der Waals surface area contributed by atoms with Gasteiger partial charge in [0.1, 0.15) is 23.9 Å². The van der Waals surface area contributed by atoms with Gasteiger partial charge in [-0.3, -0.25) is 24.0 Å². The number of hydrogen-bond donors (Lipinski definition) is 4. The van der Waals surface area contributed by atoms with Gasteiger partial charge in [-0.15, -0.1) is 0 Å². The minimum absolute atomic E-state index is 0.0163. The number of nitrogens with one attached hydrogen (secondary N) is 4. The summed E-state index contributed by atoms with van der Waals surface area (Å²) >= 11 is 0. The molecule has 0 unspecified atom stereocenters. The van der Waals surface area contributed by atoms with Crippen molar-refractivity contribution in [2.24, 2.45) is 10.6 Å². The molecule has 14 nitrogen and oxygen atoms in total. The Labute approximate surface area is 270 Å². The van der Waals surface area contributed by atoms with Gasteiger partial charge >= 0.3 is 0 Å². The van der Waals surface area contributed by atoms with Crippen molar-refractivity contribution in [2.75, 3.05) is 26.3 Å². The number of carbonyl (C=O) groups excluding carboxylic acids is 5. The van der Waals surface area contributed by atoms with Gasteiger partial charge in [-0.1, -0.05) is 51.6 Å². The lowest BCUT2D eigenvalue weighted by atomic mass is 9.85. The normalized spacial score (nSPS) is 25.1. The van der Waals surface area contributed by atoms with Crippen molar-refractivity contribution < 1.29 is 38.3 Å². The van der Waals surface area contributed by atoms with Crippen LogP contribution >= 0.6 is 0 Å². The van der Waals surface area contributed by atoms with Gasteiger partial charge in [-0.2, -0.15) is 0 Å². The van der Waals surface area contributed by atoms with Crippen LogP contribution in [0.3, 0.4) is 0 Å². The smallest absolute Gasteiger partial charge is 0.289 e. The molecule has 3 heterocycles. The summed E-state index contributed by atoms with van der Waals surface area (Å²) in [7, 11) is 0. The first kappa shape index (κ1) is 35.0. The molecule has 1 spiro atoms. The monoisotopic (exact) mass is 644 g/mol. The average molecular weight is 645 g/mol. The summed E-state index contributed by atoms with van der Waals surface area (Å²) in [6.45, 7) is 14.3. The van der Waals surface area contributed by atoms with Crippen molar-refractivity contribution in [3.8, 4) is 0 Å². The van der Waals surface area contributed by atoms with Crippen molar-refractivity contribution in [1.82, 2.24) is 26.2 Å². The number of carbonyl (C=O) groups is 5. The lowest BCUT2D eigenvalue weighted by molar-refractivity contribution is -0.144. The third-order valence-electron chi connectivity index (χ3n) is 8.49. The Morgan fingerprint density at radius 3 is 2.48 bits per heavy atom. The fourth-order valence-corrected chi connectivity index (χ4v) is 5.83. The van der Waals surface area contributed by atoms with Crippen LogP contribution in [0.1, 0.15) is 79.6 Å². The zero-order valence-corrected chi connectivity index (χ0v) is 27.5. The number of ether oxygens (including phenoxy) is 2. The lowest BCUT2D eigenvalue weighted by Gasteiger charge is -2.36. The first-order chi connectivity index (χ1) is 21.8. The van der Waals surface area contributed by atoms with Crippen molar-refractivity contribution in [1.29, 1.82) is 0 Å². The standard InChI is InChI=1S/C32H48N6O8/c1-7-10-21(25(39)29(42)34-19-11-12-19)35-28(41)23-16-32(15-22(37-46-32)27(40)33-9-3)18-38(23)30(43)26(31(4,5)6)36-24(8-2)45-20-13-14-44-17-20/h19-21,23,26,36H,2,7,9-18H2,1,3-6H3,(H,33,40)(H,34,42)(H,35,41)/t20-,21-,23-,26+,32+/m0/s1. The van der Waals surface area contributed by atoms with Gasteiger partial charge in [0.25, 0.3) is 11.8 Å². The topological polar surface area (TPSA) is 177 Å². The maximum absolute atomic E-state index is 14.5. The Bertz CT molecular complexity index is 1280. The molecule has 4 amide bonds. The number of oxime groups is 1. The summed E-state index contributed by atoms with van der Waals surface area (Å²) in [5.41, 5.74) is 1.09. The van der Waals surface area contributed by atoms with E-state index in [9.17, 15) is 24.0 Å². The van der Waals surface area contributed by atoms with E-state index in [2.05, 4.69) is 38.7 Å². The van der Waals surface area contributed by atoms with Gasteiger partial charge in [0.05, 0.1) is 25.8 Å². The molecule has 4 N–H and O–H groups in total. The van der Waals surface area contributed by atoms with Crippen LogP contribution in [0.2, 0.25) is 0 Å². The molecule has 1 saturated carbocycles. The fourth-order valence-electron chi connectivity index (χ4n) is 5.83. The average Bonchev–Trinajstić information content (AvgIpc) is 3.36. The highest BCUT2D eigenvalue weighted by molar-refractivity contribution is 6.39. The van der Waals surface area contributed by atoms with E-state index in [0.717, 1.165) is 12.8 Å². The molecule has 0 aromatic rings. The second-order valence-electron chi connectivity index (χ2n) is 13.5. The van der Waals surface area contributed by atoms with Crippen LogP contribution < -0.4 is 21.3 Å². The van der Waals surface area contributed by atoms with Crippen LogP contribution in [-0.2, 0) is 38.3 Å². The highest BCUT2D eigenvalue weighted by Gasteiger charge is 2.56. The van der Waals surface area contributed by atoms with E-state index in [1.54, 1.807) is 6.92 Å². The molecule has 0 radical (unpaired) electrons. The van der Waals surface area contributed by atoms with E-state index in [0.29, 0.717) is 32.6 Å². The molecule has 5 atom stereocenters. The summed E-state index contributed by atoms with van der Waals surface area (Å²) < 4.78 is 11.4. The number of rotatable bonds is 14. The van der Waals surface area contributed by atoms with Gasteiger partial charge in [0.2, 0.25) is 23.5 Å². The van der Waals surface area contributed by atoms with Gasteiger partial charge in [0, 0.05) is 31.8 Å². The Kier molecular flexibility index (Phi) is 11.2. The number of amides is 4. The van der Waals surface area contributed by atoms with Gasteiger partial charge in [-0.25, -0.2) is 0 Å². The lowest BCUT2D eigenvalue weighted by Crippen LogP contribution is -2.58. The third-order valence-corrected chi connectivity index (χ3v) is 8.49. The molecule has 1 aliphatic carbocycles. The van der Waals surface area contributed by atoms with Gasteiger partial charge in [0.15, 0.2) is 5.60 Å². The largest absolute Gasteiger partial charge is 0.467 e. The van der Waals surface area contributed by atoms with Crippen molar-refractivity contribution in [3.05, 3.63) is 18.2 Å². The molecule has 254 valence electrons. The van der Waals surface area contributed by atoms with E-state index in [4.69, 9.17) is 14.3 Å². The van der Waals surface area contributed by atoms with E-state index >= 15 is 0 Å². The van der Waals surface area contributed by atoms with E-state index in [1.165, 1.54) is 4.90 Å². The zero-order chi connectivity index (χ0) is 33.6. The van der Waals surface area contributed by atoms with Gasteiger partial charge < -0.3 is 40.5 Å². The molecule has 3 aliphatic heterocycles. The van der Waals surface area contributed by atoms with E-state index in [1.807, 2.05) is 27.7 Å². The Morgan fingerprint density at radius 1 is 1.15 bits per heavy atom. The van der Waals surface area contributed by atoms with Crippen molar-refractivity contribution in [2.45, 2.75) is 115 Å². The zero-order valence-electron chi connectivity index (χ0n) is 27.5. The van der Waals surface area contributed by atoms with Crippen LogP contribution in [0.4, 0.5) is 0 Å². The van der Waals surface area contributed by atoms with Crippen LogP contribution in [0.5, 0.6) is 0 Å². The third kappa shape index (κ3) is 8.47. The van der Waals surface area contributed by atoms with Crippen LogP contribution in [0, 0.1) is 5.41 Å². The highest BCUT2D eigenvalue weighted by Crippen LogP contribution is 2.39. The molecule has 4 aliphatic rings. The molecule has 4 rings (SSSR count). The molecule has 3 fully saturated rings. The summed E-state index contributed by atoms with van der Waals surface area (Å²) in [5.74, 6) is -2.68. The molecule has 14 heteroatoms. The fraction of sp³-hybridized carbons (Fsp3) is 0.719. The molecule has 0 aromatic carbocycles. The molecule has 2 saturated heterocycles. The maximum Gasteiger partial charge on any atom is 0.289 e. The van der Waals surface area contributed by atoms with Crippen LogP contribution in [-0.4, -0.2) is 102 Å². The van der Waals surface area contributed by atoms with Crippen LogP contribution in [0.25, 0.3) is 0 Å². The molecule has 46 heavy (non-hydrogen) atoms. The molecule has 0 bridgehead atoms. The Morgan fingerprint density at radius 2 is 1.89 bits per heavy atom. The highest BCUT2D eigenvalue weighted by atomic mass is 16.7. The predicted molar refractivity (Wildman–Crippen MR) is 167 cm³/mol. The second-order valence-corrected chi connectivity index (χ2v) is 13.5. The van der Waals surface area contributed by atoms with E-state index in [-0.39, 0.29) is 55.5 Å². The Hall–Kier alpha value is -3.90. The minimum atomic E-state index is -1.14. The maximum atomic E-state index is 14.5. The first-order valence-electron chi connectivity index (χ1n) is 16.2. The Balaban J connectivity index is 1.59. The summed E-state index contributed by atoms with van der Waals surface area (Å²) in [6.07, 6.45) is 2.99. The summed E-state index contributed by atoms with van der Waals surface area (Å²) in [6, 6.07) is -3.06. The van der Waals surface area contributed by atoms with Gasteiger partial charge in [-0.05, 0) is 31.6 Å². The molecular weight excluding hydrogens is 596 g/mol. The second kappa shape index (κ2) is 14.7. The van der Waals surface area contributed by atoms with Crippen LogP contribution in [0.15, 0.2) is 23.3 Å². The number of hydrogen-bond acceptors (Lipinski definition) is 10. The number of likely N-dealkylation sites (tertiary alicyclic amines) is 1. The first-order valence-corrected chi connectivity index (χ1v) is 16.2. The number of ketones is 1. The predicted octanol–water partition coefficient (Wildman–Crippen LogP) is 0.807. The summed E-state index contributed by atoms with van der Waals surface area (Å²) in [5, 5.41) is 15.3. The van der Waals surface area contributed by atoms with E-state index < -0.39 is 52.6 Å². The molecule has 0 aromatic heterocycles. The quantitative estimate of drug-likeness (QED) is 0.121. The number of Topliss-reactive ketones (excluding diaryl/α,β-unsaturated/α-hetero) is 1. The summed E-state index contributed by atoms with van der Waals surface area (Å²) in [4.78, 5) is 74.0. The van der Waals surface area contributed by atoms with Crippen molar-refractivity contribution in [3.63, 3.8) is 0 Å². The molecular formula is C32H48N6O8. The SMILES string of the molecule is C=C=C(N[C@H](C(=O)N1C[C@@]2(CC(C(=O)NCC)=NO2)C[C@H]1C(=O)N[C@@H](CCC)C(=O)C(=O)NC1CC1)C(C)(C)C)O[C@H]1CCOC1. The minimum Gasteiger partial charge on any atom is -0.467 e. The van der Waals surface area contributed by atoms with Crippen molar-refractivity contribution >= 4 is 35.1 Å².